The molecule has 224 valence electrons. The summed E-state index contributed by atoms with van der Waals surface area (Å²) in [5.41, 5.74) is 6.27. The Balaban J connectivity index is 1.63. The van der Waals surface area contributed by atoms with Gasteiger partial charge in [-0.3, -0.25) is 0 Å². The molecule has 0 amide bonds. The molecule has 0 aliphatic heterocycles. The van der Waals surface area contributed by atoms with E-state index in [1.165, 1.54) is 6.07 Å². The molecule has 0 saturated heterocycles. The molecule has 0 spiro atoms. The molecule has 0 unspecified atom stereocenters. The van der Waals surface area contributed by atoms with Gasteiger partial charge in [0.25, 0.3) is 0 Å². The van der Waals surface area contributed by atoms with Crippen molar-refractivity contribution in [2.45, 2.75) is 24.9 Å². The number of fused-ring (bicyclic) bond motifs is 1. The van der Waals surface area contributed by atoms with E-state index in [1.54, 1.807) is 39.4 Å². The third-order valence-electron chi connectivity index (χ3n) is 7.58. The van der Waals surface area contributed by atoms with Crippen molar-refractivity contribution in [1.29, 1.82) is 0 Å². The molecule has 43 heavy (non-hydrogen) atoms. The van der Waals surface area contributed by atoms with Crippen molar-refractivity contribution in [2.24, 2.45) is 7.05 Å². The zero-order valence-corrected chi connectivity index (χ0v) is 25.9. The van der Waals surface area contributed by atoms with Gasteiger partial charge in [-0.1, -0.05) is 24.3 Å². The zero-order chi connectivity index (χ0) is 30.9. The maximum absolute atomic E-state index is 15.5. The average molecular weight is 603 g/mol. The molecule has 5 rings (SSSR count). The molecule has 0 aliphatic carbocycles. The Morgan fingerprint density at radius 1 is 0.884 bits per heavy atom. The monoisotopic (exact) mass is 602 g/mol. The predicted molar refractivity (Wildman–Crippen MR) is 169 cm³/mol. The number of aryl methyl sites for hydroxylation is 2. The number of methoxy groups -OCH3 is 2. The Morgan fingerprint density at radius 3 is 1.93 bits per heavy atom. The van der Waals surface area contributed by atoms with Crippen LogP contribution < -0.4 is 19.3 Å². The molecule has 0 bridgehead atoms. The zero-order valence-electron chi connectivity index (χ0n) is 25.1. The van der Waals surface area contributed by atoms with Crippen molar-refractivity contribution >= 4 is 37.9 Å². The first-order valence-electron chi connectivity index (χ1n) is 13.7. The predicted octanol–water partition coefficient (Wildman–Crippen LogP) is 6.42. The third kappa shape index (κ3) is 6.29. The first-order valence-corrected chi connectivity index (χ1v) is 15.6. The minimum absolute atomic E-state index is 0.0485. The Labute approximate surface area is 251 Å². The molecule has 5 aromatic rings. The van der Waals surface area contributed by atoms with Crippen LogP contribution in [-0.2, 0) is 30.0 Å². The van der Waals surface area contributed by atoms with Crippen molar-refractivity contribution in [3.63, 3.8) is 0 Å². The number of nitrogens with zero attached hydrogens (tertiary/aromatic N) is 4. The number of anilines is 3. The quantitative estimate of drug-likeness (QED) is 0.183. The minimum Gasteiger partial charge on any atom is -0.497 e. The number of sulfone groups is 1. The summed E-state index contributed by atoms with van der Waals surface area (Å²) in [5.74, 6) is 0.948. The number of benzene rings is 4. The molecule has 10 heteroatoms. The fraction of sp³-hybridized carbons (Fsp3) is 0.242. The number of imidazole rings is 1. The molecule has 0 aliphatic rings. The summed E-state index contributed by atoms with van der Waals surface area (Å²) in [5, 5.41) is 0. The first kappa shape index (κ1) is 29.9. The van der Waals surface area contributed by atoms with Crippen LogP contribution in [0.2, 0.25) is 0 Å². The summed E-state index contributed by atoms with van der Waals surface area (Å²) in [7, 11) is 3.43. The van der Waals surface area contributed by atoms with Gasteiger partial charge in [0.15, 0.2) is 9.84 Å². The molecule has 0 N–H and O–H groups in total. The second-order valence-electron chi connectivity index (χ2n) is 10.6. The van der Waals surface area contributed by atoms with E-state index in [9.17, 15) is 8.42 Å². The topological polar surface area (TPSA) is 76.9 Å². The molecule has 1 heterocycles. The van der Waals surface area contributed by atoms with Gasteiger partial charge in [0, 0.05) is 39.1 Å². The van der Waals surface area contributed by atoms with E-state index in [0.29, 0.717) is 24.3 Å². The summed E-state index contributed by atoms with van der Waals surface area (Å²) < 4.78 is 52.4. The van der Waals surface area contributed by atoms with Gasteiger partial charge in [-0.2, -0.15) is 0 Å². The lowest BCUT2D eigenvalue weighted by Crippen LogP contribution is -2.23. The summed E-state index contributed by atoms with van der Waals surface area (Å²) in [6.07, 6.45) is 2.84. The molecular weight excluding hydrogens is 567 g/mol. The Hall–Kier alpha value is -4.57. The molecule has 1 aromatic heterocycles. The molecule has 8 nitrogen and oxygen atoms in total. The molecule has 0 atom stereocenters. The van der Waals surface area contributed by atoms with Crippen molar-refractivity contribution in [1.82, 2.24) is 9.55 Å². The van der Waals surface area contributed by atoms with Crippen LogP contribution in [0.1, 0.15) is 16.7 Å². The van der Waals surface area contributed by atoms with Crippen LogP contribution in [0.4, 0.5) is 21.5 Å². The highest BCUT2D eigenvalue weighted by Crippen LogP contribution is 2.38. The first-order chi connectivity index (χ1) is 20.5. The lowest BCUT2D eigenvalue weighted by atomic mass is 10.1. The van der Waals surface area contributed by atoms with Crippen LogP contribution >= 0.6 is 0 Å². The highest BCUT2D eigenvalue weighted by Gasteiger charge is 2.22. The number of ether oxygens (including phenoxy) is 2. The summed E-state index contributed by atoms with van der Waals surface area (Å²) in [6, 6.07) is 22.5. The van der Waals surface area contributed by atoms with Gasteiger partial charge in [0.05, 0.1) is 42.3 Å². The Bertz CT molecular complexity index is 1800. The van der Waals surface area contributed by atoms with Crippen LogP contribution in [0, 0.1) is 12.7 Å². The smallest absolute Gasteiger partial charge is 0.175 e. The van der Waals surface area contributed by atoms with E-state index in [2.05, 4.69) is 4.90 Å². The lowest BCUT2D eigenvalue weighted by molar-refractivity contribution is 0.414. The fourth-order valence-corrected chi connectivity index (χ4v) is 5.94. The largest absolute Gasteiger partial charge is 0.497 e. The maximum atomic E-state index is 15.5. The van der Waals surface area contributed by atoms with Crippen LogP contribution in [-0.4, -0.2) is 45.5 Å². The van der Waals surface area contributed by atoms with E-state index in [4.69, 9.17) is 14.5 Å². The number of aromatic nitrogens is 2. The summed E-state index contributed by atoms with van der Waals surface area (Å²) in [4.78, 5) is 8.70. The summed E-state index contributed by atoms with van der Waals surface area (Å²) >= 11 is 0. The second kappa shape index (κ2) is 12.0. The highest BCUT2D eigenvalue weighted by atomic mass is 32.2. The van der Waals surface area contributed by atoms with Gasteiger partial charge in [0.2, 0.25) is 0 Å². The van der Waals surface area contributed by atoms with E-state index in [0.717, 1.165) is 57.4 Å². The third-order valence-corrected chi connectivity index (χ3v) is 8.67. The van der Waals surface area contributed by atoms with Crippen LogP contribution in [0.5, 0.6) is 11.5 Å². The van der Waals surface area contributed by atoms with Gasteiger partial charge in [-0.05, 0) is 72.1 Å². The van der Waals surface area contributed by atoms with Crippen molar-refractivity contribution in [3.8, 4) is 11.5 Å². The molecule has 0 radical (unpaired) electrons. The number of hydrogen-bond acceptors (Lipinski definition) is 7. The lowest BCUT2D eigenvalue weighted by Gasteiger charge is -2.29. The van der Waals surface area contributed by atoms with Gasteiger partial charge in [0.1, 0.15) is 22.8 Å². The highest BCUT2D eigenvalue weighted by molar-refractivity contribution is 7.90. The van der Waals surface area contributed by atoms with Gasteiger partial charge >= 0.3 is 0 Å². The van der Waals surface area contributed by atoms with E-state index in [-0.39, 0.29) is 4.90 Å². The fourth-order valence-electron chi connectivity index (χ4n) is 5.23. The Kier molecular flexibility index (Phi) is 8.32. The van der Waals surface area contributed by atoms with Gasteiger partial charge < -0.3 is 23.8 Å². The van der Waals surface area contributed by atoms with E-state index < -0.39 is 15.7 Å². The van der Waals surface area contributed by atoms with Crippen LogP contribution in [0.15, 0.2) is 84.0 Å². The van der Waals surface area contributed by atoms with Crippen molar-refractivity contribution in [2.75, 3.05) is 37.3 Å². The molecule has 4 aromatic carbocycles. The van der Waals surface area contributed by atoms with Crippen LogP contribution in [0.3, 0.4) is 0 Å². The number of rotatable bonds is 10. The average Bonchev–Trinajstić information content (AvgIpc) is 3.36. The van der Waals surface area contributed by atoms with Gasteiger partial charge in [-0.25, -0.2) is 17.8 Å². The number of halogens is 1. The van der Waals surface area contributed by atoms with Crippen molar-refractivity contribution in [3.05, 3.63) is 102 Å². The normalized spacial score (nSPS) is 11.5. The molecular formula is C33H35FN4O4S. The van der Waals surface area contributed by atoms with Crippen LogP contribution in [0.25, 0.3) is 11.0 Å². The van der Waals surface area contributed by atoms with Crippen molar-refractivity contribution < 1.29 is 22.3 Å². The number of hydrogen-bond donors (Lipinski definition) is 0. The second-order valence-corrected chi connectivity index (χ2v) is 12.7. The van der Waals surface area contributed by atoms with Gasteiger partial charge in [-0.15, -0.1) is 0 Å². The van der Waals surface area contributed by atoms with E-state index >= 15 is 4.39 Å². The SMILES string of the molecule is COc1ccc(CN(Cc2ccc(OC)cc2)c2cc(N(C)c3c(C)cc(S(C)(=O)=O)cc3F)cc3c2ncn3C)cc1. The standard InChI is InChI=1S/C33H35FN4O4S/c1-22-15-28(43(6,39)40)18-29(34)33(22)37(3)25-16-30-32(35-21-36(30)2)31(17-25)38(19-23-7-11-26(41-4)12-8-23)20-24-9-13-27(42-5)14-10-24/h7-18,21H,19-20H2,1-6H3. The molecule has 0 saturated carbocycles. The Morgan fingerprint density at radius 2 is 1.44 bits per heavy atom. The van der Waals surface area contributed by atoms with E-state index in [1.807, 2.05) is 72.3 Å². The summed E-state index contributed by atoms with van der Waals surface area (Å²) in [6.45, 7) is 2.86. The minimum atomic E-state index is -3.56. The molecule has 0 fully saturated rings. The maximum Gasteiger partial charge on any atom is 0.175 e.